The average Bonchev–Trinajstić information content (AvgIpc) is 2.41. The summed E-state index contributed by atoms with van der Waals surface area (Å²) in [6.07, 6.45) is 0.555. The third-order valence-electron chi connectivity index (χ3n) is 3.30. The Hall–Kier alpha value is -2.11. The normalized spacial score (nSPS) is 13.6. The summed E-state index contributed by atoms with van der Waals surface area (Å²) in [6, 6.07) is 17.3. The van der Waals surface area contributed by atoms with Crippen molar-refractivity contribution in [3.63, 3.8) is 0 Å². The van der Waals surface area contributed by atoms with E-state index in [1.54, 1.807) is 19.1 Å². The summed E-state index contributed by atoms with van der Waals surface area (Å²) < 4.78 is 0. The molecule has 96 valence electrons. The van der Waals surface area contributed by atoms with E-state index in [0.29, 0.717) is 12.0 Å². The molecule has 2 aromatic rings. The third-order valence-corrected chi connectivity index (χ3v) is 3.30. The van der Waals surface area contributed by atoms with Crippen molar-refractivity contribution < 1.29 is 5.11 Å². The number of aryl methyl sites for hydroxylation is 1. The number of aliphatic hydroxyl groups is 1. The Bertz CT molecular complexity index is 589. The summed E-state index contributed by atoms with van der Waals surface area (Å²) in [6.45, 7) is 3.84. The fourth-order valence-electron chi connectivity index (χ4n) is 2.11. The molecule has 0 fully saturated rings. The van der Waals surface area contributed by atoms with E-state index in [1.807, 2.05) is 43.3 Å². The lowest BCUT2D eigenvalue weighted by Crippen LogP contribution is -2.24. The van der Waals surface area contributed by atoms with Crippen LogP contribution in [0, 0.1) is 18.3 Å². The Balaban J connectivity index is 2.21. The largest absolute Gasteiger partial charge is 0.385 e. The second kappa shape index (κ2) is 5.26. The molecule has 2 aromatic carbocycles. The van der Waals surface area contributed by atoms with Gasteiger partial charge in [0.2, 0.25) is 0 Å². The topological polar surface area (TPSA) is 44.0 Å². The SMILES string of the molecule is Cc1ccc(CC(C)(O)c2ccc(C#N)cc2)cc1. The Morgan fingerprint density at radius 2 is 1.63 bits per heavy atom. The molecule has 2 heteroatoms. The first-order chi connectivity index (χ1) is 9.01. The fourth-order valence-corrected chi connectivity index (χ4v) is 2.11. The van der Waals surface area contributed by atoms with Crippen LogP contribution < -0.4 is 0 Å². The molecule has 1 atom stereocenters. The number of benzene rings is 2. The molecule has 0 aliphatic carbocycles. The van der Waals surface area contributed by atoms with Gasteiger partial charge in [0.25, 0.3) is 0 Å². The maximum absolute atomic E-state index is 10.6. The van der Waals surface area contributed by atoms with Gasteiger partial charge in [-0.25, -0.2) is 0 Å². The Morgan fingerprint density at radius 1 is 1.05 bits per heavy atom. The molecule has 0 heterocycles. The van der Waals surface area contributed by atoms with Crippen molar-refractivity contribution in [3.8, 4) is 6.07 Å². The van der Waals surface area contributed by atoms with Crippen LogP contribution in [-0.4, -0.2) is 5.11 Å². The minimum Gasteiger partial charge on any atom is -0.385 e. The van der Waals surface area contributed by atoms with Gasteiger partial charge in [-0.3, -0.25) is 0 Å². The van der Waals surface area contributed by atoms with E-state index < -0.39 is 5.60 Å². The molecule has 0 aromatic heterocycles. The second-order valence-electron chi connectivity index (χ2n) is 5.13. The van der Waals surface area contributed by atoms with E-state index in [4.69, 9.17) is 5.26 Å². The molecule has 0 radical (unpaired) electrons. The first-order valence-electron chi connectivity index (χ1n) is 6.30. The van der Waals surface area contributed by atoms with E-state index in [1.165, 1.54) is 5.56 Å². The first kappa shape index (κ1) is 13.3. The van der Waals surface area contributed by atoms with Gasteiger partial charge >= 0.3 is 0 Å². The van der Waals surface area contributed by atoms with Gasteiger partial charge < -0.3 is 5.11 Å². The monoisotopic (exact) mass is 251 g/mol. The molecule has 0 saturated carbocycles. The van der Waals surface area contributed by atoms with E-state index >= 15 is 0 Å². The van der Waals surface area contributed by atoms with Crippen LogP contribution in [0.2, 0.25) is 0 Å². The van der Waals surface area contributed by atoms with Crippen molar-refractivity contribution in [2.45, 2.75) is 25.9 Å². The van der Waals surface area contributed by atoms with Crippen LogP contribution in [0.15, 0.2) is 48.5 Å². The molecular formula is C17H17NO. The van der Waals surface area contributed by atoms with Gasteiger partial charge in [0.1, 0.15) is 0 Å². The van der Waals surface area contributed by atoms with Crippen LogP contribution in [0.25, 0.3) is 0 Å². The molecule has 0 aliphatic heterocycles. The molecule has 1 N–H and O–H groups in total. The van der Waals surface area contributed by atoms with Gasteiger partial charge in [0.05, 0.1) is 17.2 Å². The minimum absolute atomic E-state index is 0.555. The molecule has 0 amide bonds. The van der Waals surface area contributed by atoms with Crippen molar-refractivity contribution in [3.05, 3.63) is 70.8 Å². The fraction of sp³-hybridized carbons (Fsp3) is 0.235. The molecule has 0 saturated heterocycles. The summed E-state index contributed by atoms with van der Waals surface area (Å²) >= 11 is 0. The predicted molar refractivity (Wildman–Crippen MR) is 75.6 cm³/mol. The van der Waals surface area contributed by atoms with Crippen LogP contribution in [0.1, 0.15) is 29.2 Å². The number of nitriles is 1. The molecule has 2 rings (SSSR count). The van der Waals surface area contributed by atoms with Gasteiger partial charge in [-0.05, 0) is 37.1 Å². The van der Waals surface area contributed by atoms with Gasteiger partial charge in [-0.2, -0.15) is 5.26 Å². The Kier molecular flexibility index (Phi) is 3.69. The van der Waals surface area contributed by atoms with Crippen LogP contribution in [0.5, 0.6) is 0 Å². The van der Waals surface area contributed by atoms with E-state index in [-0.39, 0.29) is 0 Å². The van der Waals surface area contributed by atoms with Crippen molar-refractivity contribution in [1.82, 2.24) is 0 Å². The number of nitrogens with zero attached hydrogens (tertiary/aromatic N) is 1. The second-order valence-corrected chi connectivity index (χ2v) is 5.13. The van der Waals surface area contributed by atoms with Gasteiger partial charge in [-0.1, -0.05) is 42.0 Å². The van der Waals surface area contributed by atoms with Crippen LogP contribution in [0.3, 0.4) is 0 Å². The number of rotatable bonds is 3. The van der Waals surface area contributed by atoms with E-state index in [2.05, 4.69) is 6.07 Å². The predicted octanol–water partition coefficient (Wildman–Crippen LogP) is 3.32. The lowest BCUT2D eigenvalue weighted by Gasteiger charge is -2.24. The quantitative estimate of drug-likeness (QED) is 0.909. The van der Waals surface area contributed by atoms with Crippen molar-refractivity contribution in [2.24, 2.45) is 0 Å². The Labute approximate surface area is 114 Å². The molecule has 2 nitrogen and oxygen atoms in total. The summed E-state index contributed by atoms with van der Waals surface area (Å²) in [5.41, 5.74) is 2.81. The highest BCUT2D eigenvalue weighted by Gasteiger charge is 2.23. The van der Waals surface area contributed by atoms with Crippen molar-refractivity contribution >= 4 is 0 Å². The summed E-state index contributed by atoms with van der Waals surface area (Å²) in [4.78, 5) is 0. The molecular weight excluding hydrogens is 234 g/mol. The zero-order chi connectivity index (χ0) is 13.9. The lowest BCUT2D eigenvalue weighted by atomic mass is 9.88. The maximum Gasteiger partial charge on any atom is 0.0991 e. The number of hydrogen-bond donors (Lipinski definition) is 1. The highest BCUT2D eigenvalue weighted by molar-refractivity contribution is 5.35. The summed E-state index contributed by atoms with van der Waals surface area (Å²) in [5.74, 6) is 0. The molecule has 0 spiro atoms. The maximum atomic E-state index is 10.6. The number of hydrogen-bond acceptors (Lipinski definition) is 2. The molecule has 19 heavy (non-hydrogen) atoms. The van der Waals surface area contributed by atoms with Crippen LogP contribution in [0.4, 0.5) is 0 Å². The molecule has 1 unspecified atom stereocenters. The first-order valence-corrected chi connectivity index (χ1v) is 6.30. The van der Waals surface area contributed by atoms with Gasteiger partial charge in [0.15, 0.2) is 0 Å². The Morgan fingerprint density at radius 3 is 2.16 bits per heavy atom. The lowest BCUT2D eigenvalue weighted by molar-refractivity contribution is 0.0576. The highest BCUT2D eigenvalue weighted by atomic mass is 16.3. The van der Waals surface area contributed by atoms with E-state index in [9.17, 15) is 5.11 Å². The molecule has 0 bridgehead atoms. The van der Waals surface area contributed by atoms with Crippen molar-refractivity contribution in [1.29, 1.82) is 5.26 Å². The standard InChI is InChI=1S/C17H17NO/c1-13-3-5-14(6-4-13)11-17(2,19)16-9-7-15(12-18)8-10-16/h3-10,19H,11H2,1-2H3. The van der Waals surface area contributed by atoms with Gasteiger partial charge in [-0.15, -0.1) is 0 Å². The molecule has 0 aliphatic rings. The smallest absolute Gasteiger partial charge is 0.0991 e. The van der Waals surface area contributed by atoms with Gasteiger partial charge in [0, 0.05) is 6.42 Å². The summed E-state index contributed by atoms with van der Waals surface area (Å²) in [7, 11) is 0. The van der Waals surface area contributed by atoms with E-state index in [0.717, 1.165) is 11.1 Å². The van der Waals surface area contributed by atoms with Crippen molar-refractivity contribution in [2.75, 3.05) is 0 Å². The summed E-state index contributed by atoms with van der Waals surface area (Å²) in [5, 5.41) is 19.4. The highest BCUT2D eigenvalue weighted by Crippen LogP contribution is 2.25. The van der Waals surface area contributed by atoms with Crippen LogP contribution in [-0.2, 0) is 12.0 Å². The van der Waals surface area contributed by atoms with Crippen LogP contribution >= 0.6 is 0 Å². The zero-order valence-corrected chi connectivity index (χ0v) is 11.2. The minimum atomic E-state index is -0.927. The zero-order valence-electron chi connectivity index (χ0n) is 11.2. The third kappa shape index (κ3) is 3.21. The average molecular weight is 251 g/mol.